The Labute approximate surface area is 173 Å². The van der Waals surface area contributed by atoms with E-state index in [-0.39, 0.29) is 6.61 Å². The van der Waals surface area contributed by atoms with E-state index in [2.05, 4.69) is 11.7 Å². The van der Waals surface area contributed by atoms with Gasteiger partial charge in [0, 0.05) is 22.8 Å². The maximum absolute atomic E-state index is 11.9. The molecule has 0 aliphatic rings. The van der Waals surface area contributed by atoms with E-state index >= 15 is 0 Å². The molecule has 0 spiro atoms. The van der Waals surface area contributed by atoms with Crippen LogP contribution in [0.1, 0.15) is 18.1 Å². The zero-order chi connectivity index (χ0) is 21.0. The molecule has 1 heterocycles. The highest BCUT2D eigenvalue weighted by Gasteiger charge is 2.18. The monoisotopic (exact) mass is 412 g/mol. The molecule has 29 heavy (non-hydrogen) atoms. The number of halogens is 1. The Morgan fingerprint density at radius 3 is 2.66 bits per heavy atom. The number of benzene rings is 2. The Morgan fingerprint density at radius 1 is 1.28 bits per heavy atom. The smallest absolute Gasteiger partial charge is 0.350 e. The molecule has 3 rings (SSSR count). The SMILES string of the molecule is C=C(C)c1cccc(N(N)C(=O)NN)c1COc1ccn(-c2ccc(Cl)cc2)n1. The maximum atomic E-state index is 11.9. The number of ether oxygens (including phenoxy) is 1. The molecule has 3 aromatic rings. The number of urea groups is 1. The second-order valence-electron chi connectivity index (χ2n) is 6.27. The number of anilines is 1. The lowest BCUT2D eigenvalue weighted by molar-refractivity contribution is 0.246. The molecule has 0 radical (unpaired) electrons. The second kappa shape index (κ2) is 8.78. The number of carbonyl (C=O) groups is 1. The number of nitrogens with two attached hydrogens (primary N) is 2. The fourth-order valence-corrected chi connectivity index (χ4v) is 2.92. The number of carbonyl (C=O) groups excluding carboxylic acids is 1. The Morgan fingerprint density at radius 2 is 2.00 bits per heavy atom. The van der Waals surface area contributed by atoms with E-state index in [4.69, 9.17) is 28.0 Å². The molecule has 0 atom stereocenters. The normalized spacial score (nSPS) is 10.5. The van der Waals surface area contributed by atoms with Gasteiger partial charge in [-0.05, 0) is 42.8 Å². The van der Waals surface area contributed by atoms with Gasteiger partial charge in [0.25, 0.3) is 0 Å². The van der Waals surface area contributed by atoms with Gasteiger partial charge in [-0.1, -0.05) is 35.9 Å². The van der Waals surface area contributed by atoms with Crippen molar-refractivity contribution in [3.8, 4) is 11.6 Å². The largest absolute Gasteiger partial charge is 0.472 e. The molecule has 9 heteroatoms. The number of hydrazine groups is 2. The van der Waals surface area contributed by atoms with Crippen LogP contribution in [0, 0.1) is 0 Å². The van der Waals surface area contributed by atoms with Gasteiger partial charge >= 0.3 is 6.03 Å². The van der Waals surface area contributed by atoms with Gasteiger partial charge in [0.2, 0.25) is 5.88 Å². The summed E-state index contributed by atoms with van der Waals surface area (Å²) in [6.45, 7) is 5.98. The van der Waals surface area contributed by atoms with E-state index in [1.165, 1.54) is 0 Å². The highest BCUT2D eigenvalue weighted by atomic mass is 35.5. The van der Waals surface area contributed by atoms with E-state index < -0.39 is 6.03 Å². The summed E-state index contributed by atoms with van der Waals surface area (Å²) in [6.07, 6.45) is 1.78. The van der Waals surface area contributed by atoms with Crippen molar-refractivity contribution in [2.24, 2.45) is 11.7 Å². The zero-order valence-corrected chi connectivity index (χ0v) is 16.6. The van der Waals surface area contributed by atoms with Crippen molar-refractivity contribution in [2.75, 3.05) is 5.01 Å². The van der Waals surface area contributed by atoms with Gasteiger partial charge in [-0.15, -0.1) is 5.10 Å². The summed E-state index contributed by atoms with van der Waals surface area (Å²) < 4.78 is 7.54. The number of allylic oxidation sites excluding steroid dienone is 1. The first-order valence-corrected chi connectivity index (χ1v) is 9.06. The topological polar surface area (TPSA) is 111 Å². The molecular weight excluding hydrogens is 392 g/mol. The third kappa shape index (κ3) is 4.57. The van der Waals surface area contributed by atoms with Crippen molar-refractivity contribution in [2.45, 2.75) is 13.5 Å². The van der Waals surface area contributed by atoms with Crippen LogP contribution < -0.4 is 26.9 Å². The maximum Gasteiger partial charge on any atom is 0.350 e. The van der Waals surface area contributed by atoms with E-state index in [0.29, 0.717) is 22.2 Å². The lowest BCUT2D eigenvalue weighted by Gasteiger charge is -2.21. The number of hydrogen-bond acceptors (Lipinski definition) is 5. The third-order valence-corrected chi connectivity index (χ3v) is 4.49. The van der Waals surface area contributed by atoms with Gasteiger partial charge in [-0.3, -0.25) is 5.43 Å². The molecule has 2 aromatic carbocycles. The van der Waals surface area contributed by atoms with Crippen LogP contribution in [0.4, 0.5) is 10.5 Å². The van der Waals surface area contributed by atoms with Crippen LogP contribution >= 0.6 is 11.6 Å². The standard InChI is InChI=1S/C20H21ClN6O2/c1-13(2)16-4-3-5-18(27(23)20(28)24-22)17(16)12-29-19-10-11-26(25-19)15-8-6-14(21)7-9-15/h3-11H,1,12,22-23H2,2H3,(H,24,28). The summed E-state index contributed by atoms with van der Waals surface area (Å²) >= 11 is 5.92. The summed E-state index contributed by atoms with van der Waals surface area (Å²) in [5.74, 6) is 11.5. The third-order valence-electron chi connectivity index (χ3n) is 4.23. The molecule has 0 aliphatic heterocycles. The molecule has 150 valence electrons. The highest BCUT2D eigenvalue weighted by molar-refractivity contribution is 6.30. The molecule has 2 amide bonds. The number of amides is 2. The van der Waals surface area contributed by atoms with E-state index in [1.54, 1.807) is 41.2 Å². The predicted molar refractivity (Wildman–Crippen MR) is 113 cm³/mol. The number of hydrogen-bond donors (Lipinski definition) is 3. The molecule has 0 unspecified atom stereocenters. The van der Waals surface area contributed by atoms with Crippen LogP contribution in [-0.4, -0.2) is 15.8 Å². The van der Waals surface area contributed by atoms with Crippen molar-refractivity contribution in [1.82, 2.24) is 15.2 Å². The van der Waals surface area contributed by atoms with Gasteiger partial charge in [0.15, 0.2) is 0 Å². The molecular formula is C20H21ClN6O2. The van der Waals surface area contributed by atoms with E-state index in [0.717, 1.165) is 21.8 Å². The number of nitrogens with zero attached hydrogens (tertiary/aromatic N) is 3. The lowest BCUT2D eigenvalue weighted by atomic mass is 10.0. The predicted octanol–water partition coefficient (Wildman–Crippen LogP) is 3.40. The summed E-state index contributed by atoms with van der Waals surface area (Å²) in [6, 6.07) is 13.7. The average molecular weight is 413 g/mol. The molecule has 0 fully saturated rings. The first kappa shape index (κ1) is 20.4. The summed E-state index contributed by atoms with van der Waals surface area (Å²) in [4.78, 5) is 11.9. The average Bonchev–Trinajstić information content (AvgIpc) is 3.20. The fourth-order valence-electron chi connectivity index (χ4n) is 2.80. The Kier molecular flexibility index (Phi) is 6.18. The molecule has 0 saturated carbocycles. The van der Waals surface area contributed by atoms with Crippen molar-refractivity contribution in [3.63, 3.8) is 0 Å². The molecule has 8 nitrogen and oxygen atoms in total. The van der Waals surface area contributed by atoms with Gasteiger partial charge < -0.3 is 4.74 Å². The highest BCUT2D eigenvalue weighted by Crippen LogP contribution is 2.28. The molecule has 5 N–H and O–H groups in total. The van der Waals surface area contributed by atoms with Crippen LogP contribution in [0.15, 0.2) is 61.3 Å². The number of rotatable bonds is 6. The van der Waals surface area contributed by atoms with Crippen LogP contribution in [0.3, 0.4) is 0 Å². The molecule has 0 bridgehead atoms. The van der Waals surface area contributed by atoms with Crippen molar-refractivity contribution in [3.05, 3.63) is 77.5 Å². The van der Waals surface area contributed by atoms with Gasteiger partial charge in [0.1, 0.15) is 6.61 Å². The van der Waals surface area contributed by atoms with Crippen molar-refractivity contribution < 1.29 is 9.53 Å². The van der Waals surface area contributed by atoms with Gasteiger partial charge in [-0.25, -0.2) is 26.2 Å². The van der Waals surface area contributed by atoms with Crippen LogP contribution in [0.25, 0.3) is 11.3 Å². The first-order chi connectivity index (χ1) is 13.9. The van der Waals surface area contributed by atoms with Crippen LogP contribution in [0.2, 0.25) is 5.02 Å². The second-order valence-corrected chi connectivity index (χ2v) is 6.70. The minimum Gasteiger partial charge on any atom is -0.472 e. The zero-order valence-electron chi connectivity index (χ0n) is 15.8. The number of nitrogens with one attached hydrogen (secondary N) is 1. The Balaban J connectivity index is 1.85. The van der Waals surface area contributed by atoms with Crippen LogP contribution in [-0.2, 0) is 6.61 Å². The van der Waals surface area contributed by atoms with Crippen molar-refractivity contribution >= 4 is 28.9 Å². The molecule has 1 aromatic heterocycles. The minimum absolute atomic E-state index is 0.127. The summed E-state index contributed by atoms with van der Waals surface area (Å²) in [5, 5.41) is 5.99. The van der Waals surface area contributed by atoms with Crippen LogP contribution in [0.5, 0.6) is 5.88 Å². The minimum atomic E-state index is -0.655. The Hall–Kier alpha value is -3.33. The van der Waals surface area contributed by atoms with E-state index in [9.17, 15) is 4.79 Å². The first-order valence-electron chi connectivity index (χ1n) is 8.68. The summed E-state index contributed by atoms with van der Waals surface area (Å²) in [5.41, 5.74) is 5.62. The van der Waals surface area contributed by atoms with Gasteiger partial charge in [0.05, 0.1) is 11.4 Å². The van der Waals surface area contributed by atoms with Gasteiger partial charge in [-0.2, -0.15) is 0 Å². The fraction of sp³-hybridized carbons (Fsp3) is 0.100. The Bertz CT molecular complexity index is 1030. The van der Waals surface area contributed by atoms with E-state index in [1.807, 2.05) is 30.5 Å². The van der Waals surface area contributed by atoms with Crippen molar-refractivity contribution in [1.29, 1.82) is 0 Å². The molecule has 0 aliphatic carbocycles. The lowest BCUT2D eigenvalue weighted by Crippen LogP contribution is -2.48. The number of aromatic nitrogens is 2. The molecule has 0 saturated heterocycles. The summed E-state index contributed by atoms with van der Waals surface area (Å²) in [7, 11) is 0. The quantitative estimate of drug-likeness (QED) is 0.326.